The van der Waals surface area contributed by atoms with Gasteiger partial charge in [-0.05, 0) is 37.4 Å². The molecule has 0 amide bonds. The number of piperidine rings is 1. The van der Waals surface area contributed by atoms with E-state index >= 15 is 0 Å². The molecular formula is C11H20N4O. The summed E-state index contributed by atoms with van der Waals surface area (Å²) in [6, 6.07) is 0. The maximum absolute atomic E-state index is 5.20. The Bertz CT molecular complexity index is 307. The van der Waals surface area contributed by atoms with Crippen molar-refractivity contribution in [2.24, 2.45) is 0 Å². The van der Waals surface area contributed by atoms with Crippen LogP contribution in [0, 0.1) is 0 Å². The molecule has 1 aliphatic rings. The van der Waals surface area contributed by atoms with Crippen LogP contribution in [-0.4, -0.2) is 29.8 Å². The highest BCUT2D eigenvalue weighted by atomic mass is 16.5. The Hall–Kier alpha value is -1.10. The quantitative estimate of drug-likeness (QED) is 0.769. The molecule has 1 aromatic rings. The van der Waals surface area contributed by atoms with Gasteiger partial charge in [-0.15, -0.1) is 0 Å². The Labute approximate surface area is 96.2 Å². The van der Waals surface area contributed by atoms with Gasteiger partial charge in [0, 0.05) is 13.1 Å². The first-order valence-corrected chi connectivity index (χ1v) is 6.18. The number of nitrogens with one attached hydrogen (secondary N) is 1. The maximum atomic E-state index is 5.20. The summed E-state index contributed by atoms with van der Waals surface area (Å²) in [5.74, 6) is 1.45. The molecule has 0 radical (unpaired) electrons. The predicted molar refractivity (Wildman–Crippen MR) is 62.4 cm³/mol. The fourth-order valence-electron chi connectivity index (χ4n) is 1.91. The van der Waals surface area contributed by atoms with Crippen LogP contribution in [0.15, 0.2) is 4.52 Å². The lowest BCUT2D eigenvalue weighted by Gasteiger charge is -2.24. The summed E-state index contributed by atoms with van der Waals surface area (Å²) in [5, 5.41) is 7.27. The Morgan fingerprint density at radius 3 is 2.88 bits per heavy atom. The third-order valence-corrected chi connectivity index (χ3v) is 2.80. The zero-order valence-corrected chi connectivity index (χ0v) is 9.91. The van der Waals surface area contributed by atoms with E-state index in [1.807, 2.05) is 0 Å². The molecule has 0 unspecified atom stereocenters. The van der Waals surface area contributed by atoms with Crippen molar-refractivity contribution in [3.8, 4) is 0 Å². The molecule has 0 aliphatic carbocycles. The van der Waals surface area contributed by atoms with Gasteiger partial charge in [0.25, 0.3) is 5.95 Å². The SMILES string of the molecule is CCCNCc1nc(N2CCCCC2)no1. The Kier molecular flexibility index (Phi) is 4.16. The molecule has 0 atom stereocenters. The molecule has 0 saturated carbocycles. The number of aromatic nitrogens is 2. The molecule has 0 spiro atoms. The van der Waals surface area contributed by atoms with Crippen LogP contribution >= 0.6 is 0 Å². The zero-order valence-electron chi connectivity index (χ0n) is 9.91. The molecule has 1 aromatic heterocycles. The molecular weight excluding hydrogens is 204 g/mol. The van der Waals surface area contributed by atoms with Crippen molar-refractivity contribution in [2.75, 3.05) is 24.5 Å². The number of hydrogen-bond donors (Lipinski definition) is 1. The van der Waals surface area contributed by atoms with E-state index < -0.39 is 0 Å². The van der Waals surface area contributed by atoms with Crippen molar-refractivity contribution in [3.05, 3.63) is 5.89 Å². The molecule has 1 saturated heterocycles. The highest BCUT2D eigenvalue weighted by Gasteiger charge is 2.16. The lowest BCUT2D eigenvalue weighted by Crippen LogP contribution is -2.30. The Morgan fingerprint density at radius 1 is 1.31 bits per heavy atom. The first kappa shape index (κ1) is 11.4. The molecule has 1 fully saturated rings. The van der Waals surface area contributed by atoms with Crippen LogP contribution in [0.25, 0.3) is 0 Å². The predicted octanol–water partition coefficient (Wildman–Crippen LogP) is 1.56. The van der Waals surface area contributed by atoms with Crippen molar-refractivity contribution in [1.82, 2.24) is 15.5 Å². The van der Waals surface area contributed by atoms with E-state index in [4.69, 9.17) is 4.52 Å². The molecule has 1 aliphatic heterocycles. The van der Waals surface area contributed by atoms with Gasteiger partial charge in [-0.1, -0.05) is 6.92 Å². The monoisotopic (exact) mass is 224 g/mol. The van der Waals surface area contributed by atoms with Gasteiger partial charge >= 0.3 is 0 Å². The van der Waals surface area contributed by atoms with Crippen molar-refractivity contribution < 1.29 is 4.52 Å². The molecule has 0 aromatic carbocycles. The van der Waals surface area contributed by atoms with E-state index in [0.29, 0.717) is 12.4 Å². The highest BCUT2D eigenvalue weighted by molar-refractivity contribution is 5.27. The number of anilines is 1. The summed E-state index contributed by atoms with van der Waals surface area (Å²) in [6.45, 7) is 5.92. The minimum Gasteiger partial charge on any atom is -0.338 e. The maximum Gasteiger partial charge on any atom is 0.266 e. The van der Waals surface area contributed by atoms with Crippen molar-refractivity contribution in [1.29, 1.82) is 0 Å². The van der Waals surface area contributed by atoms with Gasteiger partial charge in [-0.2, -0.15) is 4.98 Å². The molecule has 90 valence electrons. The third kappa shape index (κ3) is 2.95. The first-order valence-electron chi connectivity index (χ1n) is 6.18. The highest BCUT2D eigenvalue weighted by Crippen LogP contribution is 2.15. The summed E-state index contributed by atoms with van der Waals surface area (Å²) in [5.41, 5.74) is 0. The first-order chi connectivity index (χ1) is 7.90. The lowest BCUT2D eigenvalue weighted by molar-refractivity contribution is 0.366. The summed E-state index contributed by atoms with van der Waals surface area (Å²) in [7, 11) is 0. The van der Waals surface area contributed by atoms with Gasteiger partial charge in [-0.3, -0.25) is 0 Å². The topological polar surface area (TPSA) is 54.2 Å². The molecule has 2 rings (SSSR count). The molecule has 2 heterocycles. The average molecular weight is 224 g/mol. The summed E-state index contributed by atoms with van der Waals surface area (Å²) < 4.78 is 5.20. The van der Waals surface area contributed by atoms with Gasteiger partial charge in [0.05, 0.1) is 6.54 Å². The van der Waals surface area contributed by atoms with Crippen molar-refractivity contribution >= 4 is 5.95 Å². The lowest BCUT2D eigenvalue weighted by atomic mass is 10.1. The minimum absolute atomic E-state index is 0.675. The summed E-state index contributed by atoms with van der Waals surface area (Å²) in [4.78, 5) is 6.60. The smallest absolute Gasteiger partial charge is 0.266 e. The Morgan fingerprint density at radius 2 is 2.12 bits per heavy atom. The number of hydrogen-bond acceptors (Lipinski definition) is 5. The fourth-order valence-corrected chi connectivity index (χ4v) is 1.91. The summed E-state index contributed by atoms with van der Waals surface area (Å²) in [6.07, 6.45) is 4.91. The fraction of sp³-hybridized carbons (Fsp3) is 0.818. The van der Waals surface area contributed by atoms with Crippen LogP contribution in [0.4, 0.5) is 5.95 Å². The normalized spacial score (nSPS) is 16.7. The van der Waals surface area contributed by atoms with Crippen LogP contribution in [0.1, 0.15) is 38.5 Å². The second-order valence-electron chi connectivity index (χ2n) is 4.21. The van der Waals surface area contributed by atoms with Crippen LogP contribution in [-0.2, 0) is 6.54 Å². The largest absolute Gasteiger partial charge is 0.338 e. The number of rotatable bonds is 5. The van der Waals surface area contributed by atoms with E-state index in [2.05, 4.69) is 27.3 Å². The van der Waals surface area contributed by atoms with Crippen LogP contribution in [0.3, 0.4) is 0 Å². The van der Waals surface area contributed by atoms with Gasteiger partial charge in [0.2, 0.25) is 5.89 Å². The van der Waals surface area contributed by atoms with E-state index in [0.717, 1.165) is 32.0 Å². The van der Waals surface area contributed by atoms with Crippen molar-refractivity contribution in [3.63, 3.8) is 0 Å². The standard InChI is InChI=1S/C11H20N4O/c1-2-6-12-9-10-13-11(14-16-10)15-7-4-3-5-8-15/h12H,2-9H2,1H3. The van der Waals surface area contributed by atoms with Crippen LogP contribution in [0.5, 0.6) is 0 Å². The minimum atomic E-state index is 0.675. The van der Waals surface area contributed by atoms with Gasteiger partial charge in [-0.25, -0.2) is 0 Å². The van der Waals surface area contributed by atoms with E-state index in [1.165, 1.54) is 19.3 Å². The van der Waals surface area contributed by atoms with Gasteiger partial charge in [0.15, 0.2) is 0 Å². The molecule has 1 N–H and O–H groups in total. The second kappa shape index (κ2) is 5.84. The molecule has 5 heteroatoms. The van der Waals surface area contributed by atoms with Gasteiger partial charge < -0.3 is 14.7 Å². The zero-order chi connectivity index (χ0) is 11.2. The van der Waals surface area contributed by atoms with Crippen LogP contribution < -0.4 is 10.2 Å². The van der Waals surface area contributed by atoms with Crippen LogP contribution in [0.2, 0.25) is 0 Å². The average Bonchev–Trinajstić information content (AvgIpc) is 2.79. The van der Waals surface area contributed by atoms with E-state index in [1.54, 1.807) is 0 Å². The third-order valence-electron chi connectivity index (χ3n) is 2.80. The van der Waals surface area contributed by atoms with Gasteiger partial charge in [0.1, 0.15) is 0 Å². The number of nitrogens with zero attached hydrogens (tertiary/aromatic N) is 3. The van der Waals surface area contributed by atoms with E-state index in [9.17, 15) is 0 Å². The molecule has 16 heavy (non-hydrogen) atoms. The molecule has 5 nitrogen and oxygen atoms in total. The molecule has 0 bridgehead atoms. The van der Waals surface area contributed by atoms with E-state index in [-0.39, 0.29) is 0 Å². The summed E-state index contributed by atoms with van der Waals surface area (Å²) >= 11 is 0. The van der Waals surface area contributed by atoms with Crippen molar-refractivity contribution in [2.45, 2.75) is 39.2 Å². The Balaban J connectivity index is 1.85. The second-order valence-corrected chi connectivity index (χ2v) is 4.21.